The van der Waals surface area contributed by atoms with Crippen molar-refractivity contribution in [2.75, 3.05) is 6.61 Å². The van der Waals surface area contributed by atoms with Crippen LogP contribution in [0.15, 0.2) is 9.84 Å². The number of rotatable bonds is 1. The average Bonchev–Trinajstić information content (AvgIpc) is 2.79. The second-order valence-corrected chi connectivity index (χ2v) is 7.24. The Kier molecular flexibility index (Phi) is 3.37. The van der Waals surface area contributed by atoms with Crippen molar-refractivity contribution in [1.82, 2.24) is 0 Å². The van der Waals surface area contributed by atoms with Crippen LogP contribution in [-0.4, -0.2) is 42.6 Å². The number of fused-ring (bicyclic) bond motifs is 1. The Morgan fingerprint density at radius 1 is 1.05 bits per heavy atom. The summed E-state index contributed by atoms with van der Waals surface area (Å²) in [5, 5.41) is 0. The van der Waals surface area contributed by atoms with Gasteiger partial charge in [-0.3, -0.25) is 0 Å². The van der Waals surface area contributed by atoms with Crippen molar-refractivity contribution in [3.05, 3.63) is 9.84 Å². The summed E-state index contributed by atoms with van der Waals surface area (Å²) in [6.45, 7) is 8.16. The third-order valence-electron chi connectivity index (χ3n) is 3.46. The summed E-state index contributed by atoms with van der Waals surface area (Å²) >= 11 is 2.23. The molecule has 0 saturated carbocycles. The van der Waals surface area contributed by atoms with Gasteiger partial charge < -0.3 is 23.7 Å². The van der Waals surface area contributed by atoms with Gasteiger partial charge >= 0.3 is 0 Å². The van der Waals surface area contributed by atoms with Crippen LogP contribution in [0.25, 0.3) is 0 Å². The Morgan fingerprint density at radius 3 is 2.42 bits per heavy atom. The molecule has 0 aromatic heterocycles. The van der Waals surface area contributed by atoms with Gasteiger partial charge in [0, 0.05) is 0 Å². The van der Waals surface area contributed by atoms with Gasteiger partial charge in [0.2, 0.25) is 0 Å². The standard InChI is InChI=1S/C13H19IO5/c1-12(2)16-6-8(17-12)10-11-9(7(14)5-15-10)18-13(3,4)19-11/h5,8-11H,6H2,1-4H3/t8-,9+,10+,11+/m0/s1. The highest BCUT2D eigenvalue weighted by atomic mass is 127. The molecule has 0 unspecified atom stereocenters. The summed E-state index contributed by atoms with van der Waals surface area (Å²) in [4.78, 5) is 0. The van der Waals surface area contributed by atoms with E-state index in [0.717, 1.165) is 3.58 Å². The molecule has 0 radical (unpaired) electrons. The van der Waals surface area contributed by atoms with Gasteiger partial charge in [0.05, 0.1) is 16.4 Å². The largest absolute Gasteiger partial charge is 0.491 e. The minimum atomic E-state index is -0.597. The number of hydrogen-bond acceptors (Lipinski definition) is 5. The Labute approximate surface area is 126 Å². The quantitative estimate of drug-likeness (QED) is 0.652. The SMILES string of the molecule is CC1(C)OC[C@@H]([C@H]2OC=C(I)[C@H]3OC(C)(C)O[C@@H]23)O1. The maximum atomic E-state index is 5.99. The minimum absolute atomic E-state index is 0.0818. The van der Waals surface area contributed by atoms with Crippen molar-refractivity contribution >= 4 is 22.6 Å². The first-order valence-electron chi connectivity index (χ1n) is 6.46. The number of halogens is 1. The first-order valence-corrected chi connectivity index (χ1v) is 7.54. The normalized spacial score (nSPS) is 43.5. The van der Waals surface area contributed by atoms with Crippen LogP contribution in [-0.2, 0) is 23.7 Å². The van der Waals surface area contributed by atoms with Crippen molar-refractivity contribution in [2.24, 2.45) is 0 Å². The van der Waals surface area contributed by atoms with Gasteiger partial charge in [-0.1, -0.05) is 0 Å². The molecule has 4 atom stereocenters. The van der Waals surface area contributed by atoms with Crippen LogP contribution in [0.3, 0.4) is 0 Å². The third-order valence-corrected chi connectivity index (χ3v) is 4.33. The van der Waals surface area contributed by atoms with Gasteiger partial charge in [-0.25, -0.2) is 0 Å². The van der Waals surface area contributed by atoms with E-state index >= 15 is 0 Å². The van der Waals surface area contributed by atoms with E-state index in [1.54, 1.807) is 6.26 Å². The van der Waals surface area contributed by atoms with Crippen molar-refractivity contribution < 1.29 is 23.7 Å². The third kappa shape index (κ3) is 2.65. The van der Waals surface area contributed by atoms with Gasteiger partial charge in [0.1, 0.15) is 18.3 Å². The fraction of sp³-hybridized carbons (Fsp3) is 0.846. The van der Waals surface area contributed by atoms with Gasteiger partial charge in [-0.05, 0) is 50.3 Å². The topological polar surface area (TPSA) is 46.2 Å². The predicted octanol–water partition coefficient (Wildman–Crippen LogP) is 2.33. The van der Waals surface area contributed by atoms with Crippen LogP contribution in [0.2, 0.25) is 0 Å². The van der Waals surface area contributed by atoms with E-state index in [-0.39, 0.29) is 24.4 Å². The van der Waals surface area contributed by atoms with Crippen LogP contribution < -0.4 is 0 Å². The van der Waals surface area contributed by atoms with E-state index in [1.807, 2.05) is 27.7 Å². The lowest BCUT2D eigenvalue weighted by atomic mass is 10.0. The molecule has 0 aromatic rings. The minimum Gasteiger partial charge on any atom is -0.491 e. The van der Waals surface area contributed by atoms with Crippen molar-refractivity contribution in [2.45, 2.75) is 63.7 Å². The zero-order valence-corrected chi connectivity index (χ0v) is 13.7. The van der Waals surface area contributed by atoms with E-state index in [4.69, 9.17) is 23.7 Å². The van der Waals surface area contributed by atoms with E-state index in [0.29, 0.717) is 6.61 Å². The van der Waals surface area contributed by atoms with Crippen LogP contribution in [0, 0.1) is 0 Å². The first kappa shape index (κ1) is 14.1. The van der Waals surface area contributed by atoms with E-state index in [9.17, 15) is 0 Å². The second kappa shape index (κ2) is 4.56. The monoisotopic (exact) mass is 382 g/mol. The maximum Gasteiger partial charge on any atom is 0.164 e. The molecule has 19 heavy (non-hydrogen) atoms. The molecule has 108 valence electrons. The van der Waals surface area contributed by atoms with E-state index in [2.05, 4.69) is 22.6 Å². The Hall–Kier alpha value is 0.110. The summed E-state index contributed by atoms with van der Waals surface area (Å²) in [6.07, 6.45) is 1.16. The highest BCUT2D eigenvalue weighted by Gasteiger charge is 2.53. The van der Waals surface area contributed by atoms with E-state index < -0.39 is 11.6 Å². The van der Waals surface area contributed by atoms with Crippen molar-refractivity contribution in [1.29, 1.82) is 0 Å². The molecular formula is C13H19IO5. The molecule has 3 heterocycles. The molecule has 2 fully saturated rings. The summed E-state index contributed by atoms with van der Waals surface area (Å²) in [5.74, 6) is -1.16. The Morgan fingerprint density at radius 2 is 1.79 bits per heavy atom. The number of ether oxygens (including phenoxy) is 5. The molecule has 0 N–H and O–H groups in total. The van der Waals surface area contributed by atoms with Crippen LogP contribution in [0.1, 0.15) is 27.7 Å². The van der Waals surface area contributed by atoms with Gasteiger partial charge in [0.15, 0.2) is 17.7 Å². The zero-order chi connectivity index (χ0) is 13.8. The van der Waals surface area contributed by atoms with E-state index in [1.165, 1.54) is 0 Å². The smallest absolute Gasteiger partial charge is 0.164 e. The van der Waals surface area contributed by atoms with Gasteiger partial charge in [-0.2, -0.15) is 0 Å². The lowest BCUT2D eigenvalue weighted by Crippen LogP contribution is -2.48. The molecule has 0 amide bonds. The molecule has 3 aliphatic rings. The molecular weight excluding hydrogens is 363 g/mol. The fourth-order valence-corrected chi connectivity index (χ4v) is 3.34. The lowest BCUT2D eigenvalue weighted by molar-refractivity contribution is -0.179. The van der Waals surface area contributed by atoms with Gasteiger partial charge in [-0.15, -0.1) is 0 Å². The van der Waals surface area contributed by atoms with Crippen molar-refractivity contribution in [3.63, 3.8) is 0 Å². The summed E-state index contributed by atoms with van der Waals surface area (Å²) < 4.78 is 30.2. The average molecular weight is 382 g/mol. The first-order chi connectivity index (χ1) is 8.77. The molecule has 0 aromatic carbocycles. The van der Waals surface area contributed by atoms with Crippen LogP contribution in [0.5, 0.6) is 0 Å². The summed E-state index contributed by atoms with van der Waals surface area (Å²) in [7, 11) is 0. The molecule has 2 saturated heterocycles. The van der Waals surface area contributed by atoms with Crippen molar-refractivity contribution in [3.8, 4) is 0 Å². The second-order valence-electron chi connectivity index (χ2n) is 5.99. The lowest BCUT2D eigenvalue weighted by Gasteiger charge is -2.33. The highest BCUT2D eigenvalue weighted by molar-refractivity contribution is 14.1. The molecule has 3 rings (SSSR count). The summed E-state index contributed by atoms with van der Waals surface area (Å²) in [5.41, 5.74) is 0. The number of hydrogen-bond donors (Lipinski definition) is 0. The Bertz CT molecular complexity index is 406. The molecule has 0 bridgehead atoms. The fourth-order valence-electron chi connectivity index (χ4n) is 2.71. The predicted molar refractivity (Wildman–Crippen MR) is 75.7 cm³/mol. The molecule has 0 aliphatic carbocycles. The van der Waals surface area contributed by atoms with Gasteiger partial charge in [0.25, 0.3) is 0 Å². The highest BCUT2D eigenvalue weighted by Crippen LogP contribution is 2.42. The zero-order valence-electron chi connectivity index (χ0n) is 11.5. The van der Waals surface area contributed by atoms with Crippen LogP contribution in [0.4, 0.5) is 0 Å². The molecule has 5 nitrogen and oxygen atoms in total. The Balaban J connectivity index is 1.80. The molecule has 0 spiro atoms. The maximum absolute atomic E-state index is 5.99. The summed E-state index contributed by atoms with van der Waals surface area (Å²) in [6, 6.07) is 0. The molecule has 3 aliphatic heterocycles. The van der Waals surface area contributed by atoms with Crippen LogP contribution >= 0.6 is 22.6 Å². The molecule has 6 heteroatoms.